The van der Waals surface area contributed by atoms with Crippen molar-refractivity contribution in [3.63, 3.8) is 0 Å². The second-order valence-corrected chi connectivity index (χ2v) is 9.31. The minimum Gasteiger partial charge on any atom is -0.497 e. The van der Waals surface area contributed by atoms with E-state index in [9.17, 15) is 14.7 Å². The highest BCUT2D eigenvalue weighted by atomic mass is 16.7. The van der Waals surface area contributed by atoms with Crippen LogP contribution in [-0.2, 0) is 9.59 Å². The molecule has 2 aliphatic heterocycles. The number of likely N-dealkylation sites (tertiary alicyclic amines) is 1. The first-order valence-electron chi connectivity index (χ1n) is 11.6. The van der Waals surface area contributed by atoms with Crippen molar-refractivity contribution in [1.29, 1.82) is 0 Å². The van der Waals surface area contributed by atoms with Gasteiger partial charge in [-0.25, -0.2) is 0 Å². The molecule has 4 rings (SSSR count). The van der Waals surface area contributed by atoms with Crippen LogP contribution in [0.3, 0.4) is 0 Å². The largest absolute Gasteiger partial charge is 0.497 e. The summed E-state index contributed by atoms with van der Waals surface area (Å²) in [5.41, 5.74) is 1.69. The lowest BCUT2D eigenvalue weighted by molar-refractivity contribution is -0.143. The van der Waals surface area contributed by atoms with Gasteiger partial charge in [-0.2, -0.15) is 0 Å². The highest BCUT2D eigenvalue weighted by Crippen LogP contribution is 2.48. The van der Waals surface area contributed by atoms with Crippen LogP contribution in [0.2, 0.25) is 0 Å². The SMILES string of the molecule is COc1ccc(C2C(C(=O)O)C(c3ccc4c(c3)OCO4)CN2C(C)C(=O)NCC(C)C)cc1. The van der Waals surface area contributed by atoms with Crippen molar-refractivity contribution in [3.8, 4) is 17.2 Å². The Morgan fingerprint density at radius 2 is 1.76 bits per heavy atom. The number of fused-ring (bicyclic) bond motifs is 1. The number of carbonyl (C=O) groups excluding carboxylic acids is 1. The number of hydrogen-bond acceptors (Lipinski definition) is 6. The van der Waals surface area contributed by atoms with Crippen molar-refractivity contribution in [2.24, 2.45) is 11.8 Å². The van der Waals surface area contributed by atoms with Crippen LogP contribution in [0.25, 0.3) is 0 Å². The van der Waals surface area contributed by atoms with Gasteiger partial charge in [-0.15, -0.1) is 0 Å². The maximum absolute atomic E-state index is 13.0. The van der Waals surface area contributed by atoms with Gasteiger partial charge < -0.3 is 24.6 Å². The number of amides is 1. The zero-order valence-electron chi connectivity index (χ0n) is 20.0. The fourth-order valence-corrected chi connectivity index (χ4v) is 4.85. The number of methoxy groups -OCH3 is 1. The molecule has 0 aromatic heterocycles. The summed E-state index contributed by atoms with van der Waals surface area (Å²) < 4.78 is 16.2. The minimum absolute atomic E-state index is 0.109. The van der Waals surface area contributed by atoms with Gasteiger partial charge in [-0.05, 0) is 48.2 Å². The molecule has 0 saturated carbocycles. The standard InChI is InChI=1S/C26H32N2O6/c1-15(2)12-27-25(29)16(3)28-13-20(18-7-10-21-22(11-18)34-14-33-21)23(26(30)31)24(28)17-5-8-19(32-4)9-6-17/h5-11,15-16,20,23-24H,12-14H2,1-4H3,(H,27,29)(H,30,31). The first-order valence-corrected chi connectivity index (χ1v) is 11.6. The molecule has 0 bridgehead atoms. The van der Waals surface area contributed by atoms with Crippen molar-refractivity contribution < 1.29 is 28.9 Å². The molecule has 2 aromatic carbocycles. The smallest absolute Gasteiger partial charge is 0.309 e. The summed E-state index contributed by atoms with van der Waals surface area (Å²) in [6.07, 6.45) is 0. The zero-order valence-corrected chi connectivity index (χ0v) is 20.0. The summed E-state index contributed by atoms with van der Waals surface area (Å²) >= 11 is 0. The number of benzene rings is 2. The van der Waals surface area contributed by atoms with Crippen LogP contribution in [0.1, 0.15) is 43.9 Å². The van der Waals surface area contributed by atoms with Crippen molar-refractivity contribution in [1.82, 2.24) is 10.2 Å². The fourth-order valence-electron chi connectivity index (χ4n) is 4.85. The van der Waals surface area contributed by atoms with E-state index < -0.39 is 24.0 Å². The van der Waals surface area contributed by atoms with E-state index in [1.54, 1.807) is 7.11 Å². The Morgan fingerprint density at radius 3 is 2.41 bits per heavy atom. The zero-order chi connectivity index (χ0) is 24.4. The van der Waals surface area contributed by atoms with Gasteiger partial charge in [0.15, 0.2) is 11.5 Å². The van der Waals surface area contributed by atoms with E-state index >= 15 is 0 Å². The maximum atomic E-state index is 13.0. The number of nitrogens with zero attached hydrogens (tertiary/aromatic N) is 1. The molecular weight excluding hydrogens is 436 g/mol. The molecule has 1 saturated heterocycles. The lowest BCUT2D eigenvalue weighted by Gasteiger charge is -2.31. The molecule has 1 amide bonds. The van der Waals surface area contributed by atoms with E-state index in [4.69, 9.17) is 14.2 Å². The monoisotopic (exact) mass is 468 g/mol. The highest BCUT2D eigenvalue weighted by molar-refractivity contribution is 5.82. The van der Waals surface area contributed by atoms with Crippen molar-refractivity contribution in [2.75, 3.05) is 27.0 Å². The van der Waals surface area contributed by atoms with E-state index in [-0.39, 0.29) is 18.6 Å². The fraction of sp³-hybridized carbons (Fsp3) is 0.462. The van der Waals surface area contributed by atoms with Crippen LogP contribution in [-0.4, -0.2) is 54.9 Å². The summed E-state index contributed by atoms with van der Waals surface area (Å²) in [6.45, 7) is 7.06. The molecule has 1 fully saturated rings. The van der Waals surface area contributed by atoms with Crippen molar-refractivity contribution in [2.45, 2.75) is 38.8 Å². The van der Waals surface area contributed by atoms with Crippen LogP contribution in [0.15, 0.2) is 42.5 Å². The molecule has 4 unspecified atom stereocenters. The number of nitrogens with one attached hydrogen (secondary N) is 1. The summed E-state index contributed by atoms with van der Waals surface area (Å²) in [6, 6.07) is 12.0. The van der Waals surface area contributed by atoms with E-state index in [0.717, 1.165) is 11.1 Å². The Labute approximate surface area is 199 Å². The Bertz CT molecular complexity index is 1040. The van der Waals surface area contributed by atoms with Gasteiger partial charge in [0.25, 0.3) is 0 Å². The Balaban J connectivity index is 1.72. The topological polar surface area (TPSA) is 97.3 Å². The Morgan fingerprint density at radius 1 is 1.09 bits per heavy atom. The number of aliphatic carboxylic acids is 1. The molecular formula is C26H32N2O6. The van der Waals surface area contributed by atoms with Gasteiger partial charge in [0.05, 0.1) is 19.1 Å². The molecule has 2 aliphatic rings. The maximum Gasteiger partial charge on any atom is 0.309 e. The van der Waals surface area contributed by atoms with Gasteiger partial charge >= 0.3 is 5.97 Å². The molecule has 0 aliphatic carbocycles. The number of carboxylic acid groups (broad SMARTS) is 1. The second kappa shape index (κ2) is 9.93. The van der Waals surface area contributed by atoms with Crippen LogP contribution in [0, 0.1) is 11.8 Å². The number of ether oxygens (including phenoxy) is 3. The molecule has 8 heteroatoms. The van der Waals surface area contributed by atoms with Gasteiger partial charge in [-0.3, -0.25) is 14.5 Å². The average molecular weight is 469 g/mol. The number of carbonyl (C=O) groups is 2. The second-order valence-electron chi connectivity index (χ2n) is 9.31. The van der Waals surface area contributed by atoms with E-state index in [0.29, 0.717) is 36.3 Å². The quantitative estimate of drug-likeness (QED) is 0.613. The molecule has 182 valence electrons. The first-order chi connectivity index (χ1) is 16.3. The number of carboxylic acids is 1. The molecule has 8 nitrogen and oxygen atoms in total. The van der Waals surface area contributed by atoms with E-state index in [1.165, 1.54) is 0 Å². The first kappa shape index (κ1) is 23.9. The third-order valence-corrected chi connectivity index (χ3v) is 6.67. The molecule has 2 N–H and O–H groups in total. The molecule has 34 heavy (non-hydrogen) atoms. The number of hydrogen-bond donors (Lipinski definition) is 2. The predicted molar refractivity (Wildman–Crippen MR) is 126 cm³/mol. The van der Waals surface area contributed by atoms with E-state index in [2.05, 4.69) is 5.32 Å². The van der Waals surface area contributed by atoms with Crippen LogP contribution in [0.5, 0.6) is 17.2 Å². The lowest BCUT2D eigenvalue weighted by atomic mass is 9.82. The summed E-state index contributed by atoms with van der Waals surface area (Å²) in [4.78, 5) is 27.7. The van der Waals surface area contributed by atoms with Crippen LogP contribution in [0.4, 0.5) is 0 Å². The van der Waals surface area contributed by atoms with Crippen molar-refractivity contribution in [3.05, 3.63) is 53.6 Å². The normalized spacial score (nSPS) is 22.6. The predicted octanol–water partition coefficient (Wildman–Crippen LogP) is 3.43. The summed E-state index contributed by atoms with van der Waals surface area (Å²) in [5, 5.41) is 13.4. The third kappa shape index (κ3) is 4.68. The molecule has 2 heterocycles. The molecule has 4 atom stereocenters. The Kier molecular flexibility index (Phi) is 6.97. The minimum atomic E-state index is -0.902. The Hall–Kier alpha value is -3.26. The van der Waals surface area contributed by atoms with Crippen LogP contribution < -0.4 is 19.5 Å². The summed E-state index contributed by atoms with van der Waals surface area (Å²) in [5.74, 6) is 0.176. The van der Waals surface area contributed by atoms with Gasteiger partial charge in [0, 0.05) is 25.0 Å². The van der Waals surface area contributed by atoms with Crippen molar-refractivity contribution >= 4 is 11.9 Å². The average Bonchev–Trinajstić information content (AvgIpc) is 3.46. The van der Waals surface area contributed by atoms with E-state index in [1.807, 2.05) is 68.1 Å². The van der Waals surface area contributed by atoms with Crippen LogP contribution >= 0.6 is 0 Å². The van der Waals surface area contributed by atoms with Gasteiger partial charge in [0.1, 0.15) is 5.75 Å². The molecule has 2 aromatic rings. The third-order valence-electron chi connectivity index (χ3n) is 6.67. The highest BCUT2D eigenvalue weighted by Gasteiger charge is 2.50. The summed E-state index contributed by atoms with van der Waals surface area (Å²) in [7, 11) is 1.59. The molecule has 0 radical (unpaired) electrons. The van der Waals surface area contributed by atoms with Gasteiger partial charge in [-0.1, -0.05) is 32.0 Å². The number of rotatable bonds is 8. The molecule has 0 spiro atoms. The van der Waals surface area contributed by atoms with Gasteiger partial charge in [0.2, 0.25) is 12.7 Å². The lowest BCUT2D eigenvalue weighted by Crippen LogP contribution is -2.46.